The Morgan fingerprint density at radius 3 is 2.21 bits per heavy atom. The molecule has 0 aromatic heterocycles. The van der Waals surface area contributed by atoms with E-state index in [-0.39, 0.29) is 12.5 Å². The second-order valence-corrected chi connectivity index (χ2v) is 6.29. The first kappa shape index (κ1) is 18.3. The van der Waals surface area contributed by atoms with Crippen molar-refractivity contribution in [3.63, 3.8) is 0 Å². The molecule has 1 aliphatic rings. The minimum absolute atomic E-state index is 0.0129. The highest BCUT2D eigenvalue weighted by atomic mass is 16.5. The van der Waals surface area contributed by atoms with Gasteiger partial charge in [0.05, 0.1) is 0 Å². The zero-order valence-electron chi connectivity index (χ0n) is 14.6. The third-order valence-corrected chi connectivity index (χ3v) is 4.34. The average molecular weight is 334 g/mol. The fourth-order valence-corrected chi connectivity index (χ4v) is 3.12. The van der Waals surface area contributed by atoms with Crippen molar-refractivity contribution in [2.75, 3.05) is 32.8 Å². The van der Waals surface area contributed by atoms with Crippen molar-refractivity contribution in [3.8, 4) is 5.75 Å². The van der Waals surface area contributed by atoms with Gasteiger partial charge in [-0.1, -0.05) is 13.0 Å². The number of nitrogens with zero attached hydrogens (tertiary/aromatic N) is 2. The van der Waals surface area contributed by atoms with Crippen LogP contribution in [-0.4, -0.2) is 65.6 Å². The Morgan fingerprint density at radius 1 is 1.12 bits per heavy atom. The lowest BCUT2D eigenvalue weighted by atomic mass is 10.1. The van der Waals surface area contributed by atoms with Crippen molar-refractivity contribution in [2.45, 2.75) is 33.2 Å². The molecule has 1 heterocycles. The van der Waals surface area contributed by atoms with E-state index in [2.05, 4.69) is 6.07 Å². The van der Waals surface area contributed by atoms with Crippen molar-refractivity contribution >= 4 is 11.9 Å². The molecule has 0 radical (unpaired) electrons. The van der Waals surface area contributed by atoms with Crippen LogP contribution in [0, 0.1) is 13.8 Å². The Morgan fingerprint density at radius 2 is 1.71 bits per heavy atom. The summed E-state index contributed by atoms with van der Waals surface area (Å²) < 4.78 is 5.62. The average Bonchev–Trinajstić information content (AvgIpc) is 2.52. The smallest absolute Gasteiger partial charge is 0.320 e. The van der Waals surface area contributed by atoms with Crippen molar-refractivity contribution in [1.82, 2.24) is 9.80 Å². The lowest BCUT2D eigenvalue weighted by Gasteiger charge is -2.37. The summed E-state index contributed by atoms with van der Waals surface area (Å²) in [6, 6.07) is 5.42. The summed E-state index contributed by atoms with van der Waals surface area (Å²) in [7, 11) is 0. The number of hydrogen-bond donors (Lipinski definition) is 1. The van der Waals surface area contributed by atoms with Gasteiger partial charge in [-0.15, -0.1) is 0 Å². The Hall–Kier alpha value is -2.08. The second kappa shape index (κ2) is 8.15. The molecule has 1 amide bonds. The summed E-state index contributed by atoms with van der Waals surface area (Å²) in [6.07, 6.45) is 0.569. The zero-order chi connectivity index (χ0) is 17.7. The molecule has 6 heteroatoms. The van der Waals surface area contributed by atoms with Crippen molar-refractivity contribution in [2.24, 2.45) is 0 Å². The lowest BCUT2D eigenvalue weighted by Crippen LogP contribution is -2.54. The first-order valence-corrected chi connectivity index (χ1v) is 8.36. The maximum Gasteiger partial charge on any atom is 0.320 e. The van der Waals surface area contributed by atoms with Gasteiger partial charge in [0.2, 0.25) is 0 Å². The third-order valence-electron chi connectivity index (χ3n) is 4.34. The van der Waals surface area contributed by atoms with E-state index in [1.54, 1.807) is 4.90 Å². The standard InChI is InChI=1S/C18H26N2O4/c1-4-16(18(22)23)19-5-7-20(8-6-19)17(21)12-24-15-10-13(2)9-14(3)11-15/h9-11,16H,4-8,12H2,1-3H3,(H,22,23)/t16-/m0/s1. The minimum Gasteiger partial charge on any atom is -0.484 e. The Balaban J connectivity index is 1.83. The van der Waals surface area contributed by atoms with Gasteiger partial charge in [-0.2, -0.15) is 0 Å². The molecule has 1 aromatic carbocycles. The Kier molecular flexibility index (Phi) is 6.20. The molecule has 1 aromatic rings. The summed E-state index contributed by atoms with van der Waals surface area (Å²) in [5.41, 5.74) is 2.20. The maximum atomic E-state index is 12.3. The van der Waals surface area contributed by atoms with Gasteiger partial charge in [-0.3, -0.25) is 14.5 Å². The SMILES string of the molecule is CC[C@@H](C(=O)O)N1CCN(C(=O)COc2cc(C)cc(C)c2)CC1. The number of benzene rings is 1. The molecule has 0 aliphatic carbocycles. The van der Waals surface area contributed by atoms with E-state index in [4.69, 9.17) is 4.74 Å². The summed E-state index contributed by atoms with van der Waals surface area (Å²) >= 11 is 0. The number of aryl methyl sites for hydroxylation is 2. The molecule has 1 N–H and O–H groups in total. The first-order chi connectivity index (χ1) is 11.4. The molecule has 2 rings (SSSR count). The second-order valence-electron chi connectivity index (χ2n) is 6.29. The summed E-state index contributed by atoms with van der Waals surface area (Å²) in [5.74, 6) is -0.149. The molecule has 1 saturated heterocycles. The van der Waals surface area contributed by atoms with E-state index in [0.717, 1.165) is 11.1 Å². The highest BCUT2D eigenvalue weighted by Gasteiger charge is 2.29. The van der Waals surface area contributed by atoms with Crippen molar-refractivity contribution in [3.05, 3.63) is 29.3 Å². The Labute approximate surface area is 143 Å². The summed E-state index contributed by atoms with van der Waals surface area (Å²) in [6.45, 7) is 8.12. The van der Waals surface area contributed by atoms with Crippen LogP contribution in [-0.2, 0) is 9.59 Å². The zero-order valence-corrected chi connectivity index (χ0v) is 14.6. The highest BCUT2D eigenvalue weighted by molar-refractivity contribution is 5.78. The van der Waals surface area contributed by atoms with Gasteiger partial charge in [0.1, 0.15) is 11.8 Å². The van der Waals surface area contributed by atoms with Crippen LogP contribution in [0.1, 0.15) is 24.5 Å². The summed E-state index contributed by atoms with van der Waals surface area (Å²) in [5, 5.41) is 9.21. The van der Waals surface area contributed by atoms with Crippen molar-refractivity contribution < 1.29 is 19.4 Å². The van der Waals surface area contributed by atoms with Crippen LogP contribution >= 0.6 is 0 Å². The topological polar surface area (TPSA) is 70.1 Å². The fourth-order valence-electron chi connectivity index (χ4n) is 3.12. The molecule has 0 saturated carbocycles. The molecule has 1 aliphatic heterocycles. The predicted molar refractivity (Wildman–Crippen MR) is 91.3 cm³/mol. The molecule has 0 bridgehead atoms. The molecule has 24 heavy (non-hydrogen) atoms. The number of carboxylic acid groups (broad SMARTS) is 1. The van der Waals surface area contributed by atoms with E-state index in [9.17, 15) is 14.7 Å². The van der Waals surface area contributed by atoms with Crippen LogP contribution < -0.4 is 4.74 Å². The Bertz CT molecular complexity index is 574. The third kappa shape index (κ3) is 4.71. The quantitative estimate of drug-likeness (QED) is 0.857. The number of rotatable bonds is 6. The van der Waals surface area contributed by atoms with Crippen LogP contribution in [0.5, 0.6) is 5.75 Å². The normalized spacial score (nSPS) is 16.7. The van der Waals surface area contributed by atoms with E-state index >= 15 is 0 Å². The molecule has 132 valence electrons. The predicted octanol–water partition coefficient (Wildman–Crippen LogP) is 1.69. The van der Waals surface area contributed by atoms with Crippen LogP contribution in [0.4, 0.5) is 0 Å². The van der Waals surface area contributed by atoms with Gasteiger partial charge in [0.25, 0.3) is 5.91 Å². The lowest BCUT2D eigenvalue weighted by molar-refractivity contribution is -0.145. The van der Waals surface area contributed by atoms with Crippen LogP contribution in [0.3, 0.4) is 0 Å². The number of hydrogen-bond acceptors (Lipinski definition) is 4. The fraction of sp³-hybridized carbons (Fsp3) is 0.556. The van der Waals surface area contributed by atoms with Crippen molar-refractivity contribution in [1.29, 1.82) is 0 Å². The van der Waals surface area contributed by atoms with Gasteiger partial charge >= 0.3 is 5.97 Å². The van der Waals surface area contributed by atoms with Crippen LogP contribution in [0.2, 0.25) is 0 Å². The van der Waals surface area contributed by atoms with E-state index < -0.39 is 12.0 Å². The summed E-state index contributed by atoms with van der Waals surface area (Å²) in [4.78, 5) is 27.2. The molecular weight excluding hydrogens is 308 g/mol. The molecule has 0 spiro atoms. The monoisotopic (exact) mass is 334 g/mol. The minimum atomic E-state index is -0.796. The number of piperazine rings is 1. The highest BCUT2D eigenvalue weighted by Crippen LogP contribution is 2.16. The van der Waals surface area contributed by atoms with Gasteiger partial charge in [-0.25, -0.2) is 0 Å². The van der Waals surface area contributed by atoms with E-state index in [1.165, 1.54) is 0 Å². The first-order valence-electron chi connectivity index (χ1n) is 8.36. The number of carboxylic acids is 1. The van der Waals surface area contributed by atoms with Gasteiger partial charge in [0.15, 0.2) is 6.61 Å². The maximum absolute atomic E-state index is 12.3. The van der Waals surface area contributed by atoms with E-state index in [1.807, 2.05) is 37.8 Å². The van der Waals surface area contributed by atoms with Gasteiger partial charge < -0.3 is 14.7 Å². The number of carbonyl (C=O) groups is 2. The molecular formula is C18H26N2O4. The molecule has 1 fully saturated rings. The molecule has 0 unspecified atom stereocenters. The number of aliphatic carboxylic acids is 1. The largest absolute Gasteiger partial charge is 0.484 e. The van der Waals surface area contributed by atoms with Crippen LogP contribution in [0.15, 0.2) is 18.2 Å². The van der Waals surface area contributed by atoms with Gasteiger partial charge in [0, 0.05) is 26.2 Å². The van der Waals surface area contributed by atoms with Crippen LogP contribution in [0.25, 0.3) is 0 Å². The molecule has 1 atom stereocenters. The van der Waals surface area contributed by atoms with E-state index in [0.29, 0.717) is 38.3 Å². The molecule has 6 nitrogen and oxygen atoms in total. The number of amides is 1. The number of carbonyl (C=O) groups excluding carboxylic acids is 1. The van der Waals surface area contributed by atoms with Gasteiger partial charge in [-0.05, 0) is 43.5 Å². The number of ether oxygens (including phenoxy) is 1.